The van der Waals surface area contributed by atoms with Crippen LogP contribution in [0.2, 0.25) is 0 Å². The van der Waals surface area contributed by atoms with E-state index in [4.69, 9.17) is 0 Å². The molecule has 21 heavy (non-hydrogen) atoms. The second-order valence-electron chi connectivity index (χ2n) is 5.54. The molecule has 0 bridgehead atoms. The second-order valence-corrected chi connectivity index (χ2v) is 7.08. The summed E-state index contributed by atoms with van der Waals surface area (Å²) >= 11 is 0. The highest BCUT2D eigenvalue weighted by Crippen LogP contribution is 2.37. The molecule has 0 saturated carbocycles. The minimum atomic E-state index is -4.23. The van der Waals surface area contributed by atoms with Crippen LogP contribution >= 0.6 is 7.60 Å². The Kier molecular flexibility index (Phi) is 3.17. The van der Waals surface area contributed by atoms with Gasteiger partial charge in [0.25, 0.3) is 0 Å². The van der Waals surface area contributed by atoms with E-state index in [1.54, 1.807) is 13.8 Å². The van der Waals surface area contributed by atoms with Gasteiger partial charge in [0.2, 0.25) is 12.4 Å². The van der Waals surface area contributed by atoms with Gasteiger partial charge in [-0.1, -0.05) is 0 Å². The minimum absolute atomic E-state index is 0.140. The van der Waals surface area contributed by atoms with Crippen molar-refractivity contribution >= 4 is 24.8 Å². The highest BCUT2D eigenvalue weighted by Gasteiger charge is 2.27. The first-order valence-corrected chi connectivity index (χ1v) is 8.33. The number of benzene rings is 1. The summed E-state index contributed by atoms with van der Waals surface area (Å²) in [6, 6.07) is 7.81. The third kappa shape index (κ3) is 2.38. The van der Waals surface area contributed by atoms with Crippen molar-refractivity contribution in [2.45, 2.75) is 27.4 Å². The van der Waals surface area contributed by atoms with Gasteiger partial charge in [0.05, 0.1) is 5.30 Å². The molecule has 0 unspecified atom stereocenters. The summed E-state index contributed by atoms with van der Waals surface area (Å²) in [7, 11) is -4.23. The number of nitrogens with zero attached hydrogens (tertiary/aromatic N) is 2. The number of rotatable bonds is 2. The number of hydrogen-bond donors (Lipinski definition) is 2. The van der Waals surface area contributed by atoms with Gasteiger partial charge in [-0.05, 0) is 44.0 Å². The fourth-order valence-corrected chi connectivity index (χ4v) is 4.01. The lowest BCUT2D eigenvalue weighted by Gasteiger charge is -2.12. The summed E-state index contributed by atoms with van der Waals surface area (Å²) in [4.78, 5) is 18.9. The predicted octanol–water partition coefficient (Wildman–Crippen LogP) is 1.95. The average Bonchev–Trinajstić information content (AvgIpc) is 2.89. The van der Waals surface area contributed by atoms with Crippen molar-refractivity contribution in [1.29, 1.82) is 0 Å². The van der Waals surface area contributed by atoms with Gasteiger partial charge >= 0.3 is 7.60 Å². The van der Waals surface area contributed by atoms with Gasteiger partial charge in [-0.2, -0.15) is 4.58 Å². The minimum Gasteiger partial charge on any atom is -0.321 e. The van der Waals surface area contributed by atoms with Crippen molar-refractivity contribution in [2.75, 3.05) is 0 Å². The first-order chi connectivity index (χ1) is 9.77. The zero-order valence-corrected chi connectivity index (χ0v) is 13.1. The zero-order valence-electron chi connectivity index (χ0n) is 12.2. The standard InChI is InChI=1S/C15H17N2O3P/c1-10-6-14(7-11(2)15(10)21(18,19)20)16-8-13-5-4-12(3)17(13)9-16/h4-8H,9H2,1-3H3,(H-,18,19,20)/p+1. The predicted molar refractivity (Wildman–Crippen MR) is 81.8 cm³/mol. The van der Waals surface area contributed by atoms with Crippen molar-refractivity contribution in [3.05, 3.63) is 46.8 Å². The molecule has 0 aliphatic carbocycles. The molecule has 2 N–H and O–H groups in total. The lowest BCUT2D eigenvalue weighted by Crippen LogP contribution is -2.14. The molecule has 0 saturated heterocycles. The van der Waals surface area contributed by atoms with Gasteiger partial charge in [-0.3, -0.25) is 9.13 Å². The molecule has 2 heterocycles. The van der Waals surface area contributed by atoms with E-state index in [0.717, 1.165) is 18.1 Å². The summed E-state index contributed by atoms with van der Waals surface area (Å²) in [5.74, 6) is 0. The van der Waals surface area contributed by atoms with Crippen LogP contribution in [0.5, 0.6) is 0 Å². The van der Waals surface area contributed by atoms with Crippen LogP contribution in [0.15, 0.2) is 24.3 Å². The van der Waals surface area contributed by atoms with Crippen molar-refractivity contribution in [2.24, 2.45) is 0 Å². The molecule has 0 spiro atoms. The van der Waals surface area contributed by atoms with Crippen LogP contribution in [0.1, 0.15) is 22.5 Å². The molecular formula is C15H18N2O3P+. The molecule has 0 fully saturated rings. The Bertz CT molecular complexity index is 791. The van der Waals surface area contributed by atoms with E-state index in [-0.39, 0.29) is 5.30 Å². The lowest BCUT2D eigenvalue weighted by molar-refractivity contribution is -0.463. The van der Waals surface area contributed by atoms with Crippen LogP contribution < -0.4 is 5.30 Å². The topological polar surface area (TPSA) is 65.5 Å². The number of hydrogen-bond acceptors (Lipinski definition) is 1. The number of aromatic nitrogens is 1. The summed E-state index contributed by atoms with van der Waals surface area (Å²) in [5.41, 5.74) is 4.54. The molecule has 1 aliphatic rings. The smallest absolute Gasteiger partial charge is 0.321 e. The maximum Gasteiger partial charge on any atom is 0.356 e. The summed E-state index contributed by atoms with van der Waals surface area (Å²) in [6.45, 7) is 6.27. The van der Waals surface area contributed by atoms with Crippen molar-refractivity contribution < 1.29 is 18.9 Å². The Morgan fingerprint density at radius 2 is 1.76 bits per heavy atom. The van der Waals surface area contributed by atoms with E-state index in [9.17, 15) is 14.4 Å². The Hall–Kier alpha value is -1.68. The summed E-state index contributed by atoms with van der Waals surface area (Å²) in [6.07, 6.45) is 2.05. The van der Waals surface area contributed by atoms with Gasteiger partial charge in [0.15, 0.2) is 6.21 Å². The molecule has 5 nitrogen and oxygen atoms in total. The second kappa shape index (κ2) is 4.67. The molecule has 0 atom stereocenters. The summed E-state index contributed by atoms with van der Waals surface area (Å²) in [5, 5.41) is 0.140. The first kappa shape index (κ1) is 14.3. The molecule has 2 aromatic rings. The highest BCUT2D eigenvalue weighted by molar-refractivity contribution is 7.60. The van der Waals surface area contributed by atoms with Crippen LogP contribution in [-0.2, 0) is 11.2 Å². The van der Waals surface area contributed by atoms with Crippen LogP contribution in [0, 0.1) is 20.8 Å². The zero-order chi connectivity index (χ0) is 15.4. The van der Waals surface area contributed by atoms with Gasteiger partial charge in [-0.15, -0.1) is 0 Å². The van der Waals surface area contributed by atoms with Crippen molar-refractivity contribution in [3.63, 3.8) is 0 Å². The Balaban J connectivity index is 2.05. The molecule has 1 aliphatic heterocycles. The van der Waals surface area contributed by atoms with Crippen LogP contribution in [0.25, 0.3) is 0 Å². The Labute approximate surface area is 123 Å². The number of fused-ring (bicyclic) bond motifs is 1. The monoisotopic (exact) mass is 305 g/mol. The van der Waals surface area contributed by atoms with Gasteiger partial charge in [0.1, 0.15) is 5.69 Å². The molecule has 0 amide bonds. The summed E-state index contributed by atoms with van der Waals surface area (Å²) < 4.78 is 15.8. The van der Waals surface area contributed by atoms with Gasteiger partial charge in [-0.25, -0.2) is 0 Å². The molecule has 110 valence electrons. The fourth-order valence-electron chi connectivity index (χ4n) is 2.96. The van der Waals surface area contributed by atoms with E-state index in [1.165, 1.54) is 5.69 Å². The maximum absolute atomic E-state index is 11.6. The molecule has 3 rings (SSSR count). The van der Waals surface area contributed by atoms with Crippen LogP contribution in [0.3, 0.4) is 0 Å². The number of aryl methyl sites for hydroxylation is 3. The Morgan fingerprint density at radius 3 is 2.29 bits per heavy atom. The van der Waals surface area contributed by atoms with E-state index in [2.05, 4.69) is 34.4 Å². The van der Waals surface area contributed by atoms with Crippen LogP contribution in [0.4, 0.5) is 5.69 Å². The molecule has 1 aromatic carbocycles. The van der Waals surface area contributed by atoms with E-state index < -0.39 is 7.60 Å². The van der Waals surface area contributed by atoms with E-state index in [0.29, 0.717) is 11.1 Å². The normalized spacial score (nSPS) is 14.2. The molecule has 6 heteroatoms. The third-order valence-electron chi connectivity index (χ3n) is 3.91. The third-order valence-corrected chi connectivity index (χ3v) is 5.20. The van der Waals surface area contributed by atoms with Crippen molar-refractivity contribution in [3.8, 4) is 0 Å². The van der Waals surface area contributed by atoms with Crippen molar-refractivity contribution in [1.82, 2.24) is 4.57 Å². The first-order valence-electron chi connectivity index (χ1n) is 6.72. The van der Waals surface area contributed by atoms with Gasteiger partial charge in [0, 0.05) is 17.8 Å². The molecular weight excluding hydrogens is 287 g/mol. The maximum atomic E-state index is 11.6. The van der Waals surface area contributed by atoms with E-state index >= 15 is 0 Å². The largest absolute Gasteiger partial charge is 0.356 e. The average molecular weight is 305 g/mol. The van der Waals surface area contributed by atoms with Gasteiger partial charge < -0.3 is 9.79 Å². The lowest BCUT2D eigenvalue weighted by atomic mass is 10.1. The van der Waals surface area contributed by atoms with E-state index in [1.807, 2.05) is 12.1 Å². The van der Waals surface area contributed by atoms with Crippen LogP contribution in [-0.4, -0.2) is 25.1 Å². The SMILES string of the molecule is Cc1cc([N+]2=Cc3ccc(C)n3C2)cc(C)c1P(=O)(O)O. The highest BCUT2D eigenvalue weighted by atomic mass is 31.2. The molecule has 0 radical (unpaired) electrons. The fraction of sp³-hybridized carbons (Fsp3) is 0.267. The quantitative estimate of drug-likeness (QED) is 0.658. The Morgan fingerprint density at radius 1 is 1.14 bits per heavy atom. The molecule has 1 aromatic heterocycles.